The van der Waals surface area contributed by atoms with E-state index in [9.17, 15) is 9.59 Å². The second-order valence-electron chi connectivity index (χ2n) is 9.73. The molecule has 0 spiro atoms. The van der Waals surface area contributed by atoms with Crippen molar-refractivity contribution in [2.24, 2.45) is 0 Å². The van der Waals surface area contributed by atoms with Gasteiger partial charge < -0.3 is 9.80 Å². The lowest BCUT2D eigenvalue weighted by molar-refractivity contribution is -0.142. The van der Waals surface area contributed by atoms with Gasteiger partial charge in [0.1, 0.15) is 0 Å². The van der Waals surface area contributed by atoms with Crippen LogP contribution in [0.25, 0.3) is 0 Å². The third-order valence-corrected chi connectivity index (χ3v) is 8.34. The number of thiophene rings is 1. The third-order valence-electron chi connectivity index (χ3n) is 7.34. The van der Waals surface area contributed by atoms with Crippen LogP contribution in [0.15, 0.2) is 41.8 Å². The van der Waals surface area contributed by atoms with Crippen molar-refractivity contribution in [1.82, 2.24) is 14.7 Å². The Hall–Kier alpha value is -2.18. The number of hydrogen-bond donors (Lipinski definition) is 0. The highest BCUT2D eigenvalue weighted by Crippen LogP contribution is 2.37. The normalized spacial score (nSPS) is 20.9. The zero-order valence-corrected chi connectivity index (χ0v) is 21.6. The summed E-state index contributed by atoms with van der Waals surface area (Å²) in [5, 5.41) is 2.20. The van der Waals surface area contributed by atoms with Crippen molar-refractivity contribution in [3.8, 4) is 0 Å². The van der Waals surface area contributed by atoms with Crippen molar-refractivity contribution < 1.29 is 9.59 Å². The number of nitrogens with zero attached hydrogens (tertiary/aromatic N) is 3. The molecule has 0 N–H and O–H groups in total. The van der Waals surface area contributed by atoms with E-state index in [1.165, 1.54) is 28.8 Å². The number of carbonyl (C=O) groups excluding carboxylic acids is 2. The van der Waals surface area contributed by atoms with Crippen LogP contribution < -0.4 is 0 Å². The van der Waals surface area contributed by atoms with E-state index in [4.69, 9.17) is 0 Å². The first-order valence-corrected chi connectivity index (χ1v) is 13.9. The molecule has 1 saturated heterocycles. The van der Waals surface area contributed by atoms with Gasteiger partial charge in [0.05, 0.1) is 6.04 Å². The first kappa shape index (κ1) is 24.9. The van der Waals surface area contributed by atoms with Crippen LogP contribution in [-0.4, -0.2) is 65.3 Å². The standard InChI is InChI=1S/C28H39N3O2S/c1-3-4-5-9-12-27(33)31-19-18-30(21-22(31)2)26(32)14-17-29-16-13-25-24(15-20-34-25)28(29)23-10-7-6-8-11-23/h6-8,10-11,15,20,22,28H,3-5,9,12-14,16-19,21H2,1-2H3. The Balaban J connectivity index is 1.31. The van der Waals surface area contributed by atoms with Gasteiger partial charge in [0, 0.05) is 56.5 Å². The minimum atomic E-state index is 0.0943. The minimum absolute atomic E-state index is 0.0943. The molecule has 1 aromatic heterocycles. The van der Waals surface area contributed by atoms with Crippen molar-refractivity contribution in [3.63, 3.8) is 0 Å². The Morgan fingerprint density at radius 2 is 1.79 bits per heavy atom. The summed E-state index contributed by atoms with van der Waals surface area (Å²) in [6.07, 6.45) is 6.70. The van der Waals surface area contributed by atoms with Crippen molar-refractivity contribution in [3.05, 3.63) is 57.8 Å². The van der Waals surface area contributed by atoms with E-state index in [0.717, 1.165) is 32.4 Å². The molecule has 34 heavy (non-hydrogen) atoms. The highest BCUT2D eigenvalue weighted by molar-refractivity contribution is 7.10. The largest absolute Gasteiger partial charge is 0.339 e. The smallest absolute Gasteiger partial charge is 0.223 e. The third kappa shape index (κ3) is 5.89. The van der Waals surface area contributed by atoms with E-state index in [1.54, 1.807) is 0 Å². The van der Waals surface area contributed by atoms with Gasteiger partial charge in [0.25, 0.3) is 0 Å². The lowest BCUT2D eigenvalue weighted by atomic mass is 9.93. The van der Waals surface area contributed by atoms with Crippen LogP contribution in [0, 0.1) is 0 Å². The Labute approximate surface area is 208 Å². The van der Waals surface area contributed by atoms with Crippen molar-refractivity contribution in [1.29, 1.82) is 0 Å². The fourth-order valence-corrected chi connectivity index (χ4v) is 6.34. The molecule has 1 fully saturated rings. The second kappa shape index (κ2) is 12.0. The first-order valence-electron chi connectivity index (χ1n) is 13.0. The number of piperazine rings is 1. The van der Waals surface area contributed by atoms with Gasteiger partial charge in [0.2, 0.25) is 11.8 Å². The first-order chi connectivity index (χ1) is 16.6. The monoisotopic (exact) mass is 481 g/mol. The fourth-order valence-electron chi connectivity index (χ4n) is 5.43. The molecule has 0 aliphatic carbocycles. The summed E-state index contributed by atoms with van der Waals surface area (Å²) < 4.78 is 0. The maximum absolute atomic E-state index is 13.1. The van der Waals surface area contributed by atoms with Crippen LogP contribution >= 0.6 is 11.3 Å². The van der Waals surface area contributed by atoms with E-state index < -0.39 is 0 Å². The van der Waals surface area contributed by atoms with Crippen LogP contribution in [-0.2, 0) is 16.0 Å². The number of amides is 2. The quantitative estimate of drug-likeness (QED) is 0.467. The van der Waals surface area contributed by atoms with Crippen molar-refractivity contribution >= 4 is 23.2 Å². The van der Waals surface area contributed by atoms with E-state index in [1.807, 2.05) is 21.1 Å². The van der Waals surface area contributed by atoms with Gasteiger partial charge >= 0.3 is 0 Å². The van der Waals surface area contributed by atoms with Gasteiger partial charge in [-0.25, -0.2) is 0 Å². The van der Waals surface area contributed by atoms with Gasteiger partial charge in [-0.2, -0.15) is 0 Å². The summed E-state index contributed by atoms with van der Waals surface area (Å²) in [6.45, 7) is 7.98. The molecule has 1 aromatic carbocycles. The van der Waals surface area contributed by atoms with E-state index in [0.29, 0.717) is 32.5 Å². The zero-order chi connectivity index (χ0) is 23.9. The van der Waals surface area contributed by atoms with Crippen LogP contribution in [0.5, 0.6) is 0 Å². The number of unbranched alkanes of at least 4 members (excludes halogenated alkanes) is 3. The Kier molecular flexibility index (Phi) is 8.79. The Morgan fingerprint density at radius 1 is 0.971 bits per heavy atom. The average molecular weight is 482 g/mol. The molecule has 4 rings (SSSR count). The molecule has 2 unspecified atom stereocenters. The molecule has 2 aliphatic rings. The van der Waals surface area contributed by atoms with Crippen LogP contribution in [0.4, 0.5) is 0 Å². The lowest BCUT2D eigenvalue weighted by Gasteiger charge is -2.41. The summed E-state index contributed by atoms with van der Waals surface area (Å²) in [6, 6.07) is 13.2. The Bertz CT molecular complexity index is 944. The average Bonchev–Trinajstić information content (AvgIpc) is 3.34. The van der Waals surface area contributed by atoms with E-state index in [-0.39, 0.29) is 23.9 Å². The highest BCUT2D eigenvalue weighted by atomic mass is 32.1. The molecule has 6 heteroatoms. The lowest BCUT2D eigenvalue weighted by Crippen LogP contribution is -2.55. The number of rotatable bonds is 9. The molecule has 2 aromatic rings. The number of fused-ring (bicyclic) bond motifs is 1. The molecular formula is C28H39N3O2S. The fraction of sp³-hybridized carbons (Fsp3) is 0.571. The molecule has 0 saturated carbocycles. The predicted octanol–water partition coefficient (Wildman–Crippen LogP) is 5.12. The SMILES string of the molecule is CCCCCCC(=O)N1CCN(C(=O)CCN2CCc3sccc3C2c2ccccc2)CC1C. The van der Waals surface area contributed by atoms with E-state index in [2.05, 4.69) is 60.5 Å². The summed E-state index contributed by atoms with van der Waals surface area (Å²) >= 11 is 1.85. The van der Waals surface area contributed by atoms with Crippen molar-refractivity contribution in [2.75, 3.05) is 32.7 Å². The van der Waals surface area contributed by atoms with E-state index >= 15 is 0 Å². The van der Waals surface area contributed by atoms with Crippen LogP contribution in [0.2, 0.25) is 0 Å². The van der Waals surface area contributed by atoms with Gasteiger partial charge in [0.15, 0.2) is 0 Å². The molecule has 2 atom stereocenters. The Morgan fingerprint density at radius 3 is 2.56 bits per heavy atom. The van der Waals surface area contributed by atoms with Crippen LogP contribution in [0.1, 0.15) is 74.4 Å². The zero-order valence-electron chi connectivity index (χ0n) is 20.7. The molecule has 0 radical (unpaired) electrons. The summed E-state index contributed by atoms with van der Waals surface area (Å²) in [7, 11) is 0. The number of benzene rings is 1. The maximum atomic E-state index is 13.1. The summed E-state index contributed by atoms with van der Waals surface area (Å²) in [5.41, 5.74) is 2.70. The highest BCUT2D eigenvalue weighted by Gasteiger charge is 2.32. The minimum Gasteiger partial charge on any atom is -0.339 e. The summed E-state index contributed by atoms with van der Waals surface area (Å²) in [4.78, 5) is 33.7. The van der Waals surface area contributed by atoms with Gasteiger partial charge in [-0.3, -0.25) is 14.5 Å². The molecule has 2 aliphatic heterocycles. The molecular weight excluding hydrogens is 442 g/mol. The molecule has 2 amide bonds. The number of hydrogen-bond acceptors (Lipinski definition) is 4. The van der Waals surface area contributed by atoms with Gasteiger partial charge in [-0.1, -0.05) is 56.5 Å². The van der Waals surface area contributed by atoms with Gasteiger partial charge in [-0.05, 0) is 42.3 Å². The predicted molar refractivity (Wildman–Crippen MR) is 139 cm³/mol. The molecule has 5 nitrogen and oxygen atoms in total. The van der Waals surface area contributed by atoms with Crippen molar-refractivity contribution in [2.45, 2.75) is 70.9 Å². The number of carbonyl (C=O) groups is 2. The topological polar surface area (TPSA) is 43.9 Å². The maximum Gasteiger partial charge on any atom is 0.223 e. The van der Waals surface area contributed by atoms with Crippen LogP contribution in [0.3, 0.4) is 0 Å². The second-order valence-corrected chi connectivity index (χ2v) is 10.7. The summed E-state index contributed by atoms with van der Waals surface area (Å²) in [5.74, 6) is 0.464. The molecule has 3 heterocycles. The molecule has 184 valence electrons. The molecule has 0 bridgehead atoms. The van der Waals surface area contributed by atoms with Gasteiger partial charge in [-0.15, -0.1) is 11.3 Å².